The number of rotatable bonds is 5. The first-order valence-electron chi connectivity index (χ1n) is 8.28. The van der Waals surface area contributed by atoms with Crippen LogP contribution in [0.3, 0.4) is 0 Å². The van der Waals surface area contributed by atoms with Crippen LogP contribution >= 0.6 is 0 Å². The van der Waals surface area contributed by atoms with Gasteiger partial charge in [0.15, 0.2) is 0 Å². The quantitative estimate of drug-likeness (QED) is 0.839. The van der Waals surface area contributed by atoms with Gasteiger partial charge in [0.2, 0.25) is 0 Å². The van der Waals surface area contributed by atoms with Crippen LogP contribution in [-0.4, -0.2) is 18.1 Å². The lowest BCUT2D eigenvalue weighted by atomic mass is 9.81. The van der Waals surface area contributed by atoms with Crippen LogP contribution in [0.15, 0.2) is 18.2 Å². The molecule has 2 nitrogen and oxygen atoms in total. The van der Waals surface area contributed by atoms with Gasteiger partial charge < -0.3 is 10.6 Å². The van der Waals surface area contributed by atoms with Crippen molar-refractivity contribution in [2.24, 2.45) is 5.41 Å². The Balaban J connectivity index is 1.94. The van der Waals surface area contributed by atoms with E-state index in [0.29, 0.717) is 11.5 Å². The Hall–Kier alpha value is -1.02. The molecule has 1 aromatic carbocycles. The smallest absolute Gasteiger partial charge is 0.0373 e. The zero-order valence-corrected chi connectivity index (χ0v) is 14.6. The van der Waals surface area contributed by atoms with Crippen molar-refractivity contribution < 1.29 is 0 Å². The van der Waals surface area contributed by atoms with Gasteiger partial charge in [0.1, 0.15) is 0 Å². The third kappa shape index (κ3) is 5.03. The van der Waals surface area contributed by atoms with E-state index < -0.39 is 0 Å². The highest BCUT2D eigenvalue weighted by atomic mass is 15.0. The molecular formula is C19H32N2. The molecule has 1 atom stereocenters. The van der Waals surface area contributed by atoms with Gasteiger partial charge in [-0.1, -0.05) is 32.9 Å². The van der Waals surface area contributed by atoms with Crippen molar-refractivity contribution >= 4 is 5.69 Å². The second-order valence-corrected chi connectivity index (χ2v) is 8.54. The summed E-state index contributed by atoms with van der Waals surface area (Å²) in [6, 6.07) is 7.39. The summed E-state index contributed by atoms with van der Waals surface area (Å²) < 4.78 is 0. The second kappa shape index (κ2) is 6.00. The van der Waals surface area contributed by atoms with E-state index in [1.165, 1.54) is 29.7 Å². The van der Waals surface area contributed by atoms with Gasteiger partial charge in [-0.3, -0.25) is 0 Å². The molecule has 0 spiro atoms. The lowest BCUT2D eigenvalue weighted by molar-refractivity contribution is 0.226. The molecule has 1 aliphatic rings. The molecule has 0 aliphatic carbocycles. The summed E-state index contributed by atoms with van der Waals surface area (Å²) in [6.07, 6.45) is 3.44. The molecule has 0 radical (unpaired) electrons. The van der Waals surface area contributed by atoms with Crippen molar-refractivity contribution in [1.29, 1.82) is 0 Å². The first kappa shape index (κ1) is 16.4. The van der Waals surface area contributed by atoms with E-state index in [4.69, 9.17) is 0 Å². The summed E-state index contributed by atoms with van der Waals surface area (Å²) >= 11 is 0. The van der Waals surface area contributed by atoms with E-state index in [1.807, 2.05) is 0 Å². The predicted octanol–water partition coefficient (Wildman–Crippen LogP) is 4.39. The number of fused-ring (bicyclic) bond motifs is 1. The monoisotopic (exact) mass is 288 g/mol. The van der Waals surface area contributed by atoms with Crippen molar-refractivity contribution in [3.8, 4) is 0 Å². The maximum atomic E-state index is 3.81. The summed E-state index contributed by atoms with van der Waals surface area (Å²) in [5.41, 5.74) is 4.79. The Bertz CT molecular complexity index is 483. The third-order valence-corrected chi connectivity index (χ3v) is 4.03. The van der Waals surface area contributed by atoms with Crippen molar-refractivity contribution in [2.75, 3.05) is 11.9 Å². The molecule has 0 amide bonds. The van der Waals surface area contributed by atoms with Crippen molar-refractivity contribution in [2.45, 2.75) is 72.4 Å². The van der Waals surface area contributed by atoms with Gasteiger partial charge in [0, 0.05) is 23.8 Å². The molecule has 0 bridgehead atoms. The number of hydrogen-bond acceptors (Lipinski definition) is 2. The minimum Gasteiger partial charge on any atom is -0.384 e. The fraction of sp³-hybridized carbons (Fsp3) is 0.684. The minimum atomic E-state index is 0.177. The summed E-state index contributed by atoms with van der Waals surface area (Å²) in [4.78, 5) is 0. The highest BCUT2D eigenvalue weighted by molar-refractivity contribution is 5.56. The van der Waals surface area contributed by atoms with Crippen LogP contribution in [0.4, 0.5) is 5.69 Å². The van der Waals surface area contributed by atoms with Crippen molar-refractivity contribution in [3.63, 3.8) is 0 Å². The van der Waals surface area contributed by atoms with Crippen LogP contribution in [-0.2, 0) is 12.8 Å². The first-order chi connectivity index (χ1) is 9.65. The van der Waals surface area contributed by atoms with Gasteiger partial charge in [0.25, 0.3) is 0 Å². The number of nitrogens with one attached hydrogen (secondary N) is 2. The molecule has 1 heterocycles. The zero-order chi connectivity index (χ0) is 15.7. The fourth-order valence-corrected chi connectivity index (χ4v) is 3.93. The number of benzene rings is 1. The first-order valence-corrected chi connectivity index (χ1v) is 8.28. The predicted molar refractivity (Wildman–Crippen MR) is 93.1 cm³/mol. The van der Waals surface area contributed by atoms with E-state index in [0.717, 1.165) is 13.0 Å². The summed E-state index contributed by atoms with van der Waals surface area (Å²) in [6.45, 7) is 15.0. The van der Waals surface area contributed by atoms with Crippen LogP contribution in [0.25, 0.3) is 0 Å². The Labute approximate surface area is 130 Å². The summed E-state index contributed by atoms with van der Waals surface area (Å²) in [5, 5.41) is 7.24. The summed E-state index contributed by atoms with van der Waals surface area (Å²) in [5.74, 6) is 0. The molecular weight excluding hydrogens is 256 g/mol. The van der Waals surface area contributed by atoms with Crippen molar-refractivity contribution in [3.05, 3.63) is 29.3 Å². The SMILES string of the molecule is CC(Cc1ccc2c(c1)CCN2)NC(C)(C)CC(C)(C)C. The zero-order valence-electron chi connectivity index (χ0n) is 14.6. The van der Waals surface area contributed by atoms with Gasteiger partial charge >= 0.3 is 0 Å². The van der Waals surface area contributed by atoms with Crippen LogP contribution in [0.5, 0.6) is 0 Å². The van der Waals surface area contributed by atoms with Gasteiger partial charge in [0.05, 0.1) is 0 Å². The molecule has 0 aromatic heterocycles. The molecule has 21 heavy (non-hydrogen) atoms. The molecule has 0 saturated heterocycles. The van der Waals surface area contributed by atoms with Gasteiger partial charge in [-0.25, -0.2) is 0 Å². The molecule has 118 valence electrons. The molecule has 0 fully saturated rings. The Kier molecular flexibility index (Phi) is 4.67. The maximum Gasteiger partial charge on any atom is 0.0373 e. The number of anilines is 1. The van der Waals surface area contributed by atoms with Crippen molar-refractivity contribution in [1.82, 2.24) is 5.32 Å². The van der Waals surface area contributed by atoms with E-state index in [9.17, 15) is 0 Å². The van der Waals surface area contributed by atoms with Crippen LogP contribution < -0.4 is 10.6 Å². The van der Waals surface area contributed by atoms with Crippen LogP contribution in [0.2, 0.25) is 0 Å². The lowest BCUT2D eigenvalue weighted by Crippen LogP contribution is -2.47. The Morgan fingerprint density at radius 3 is 2.57 bits per heavy atom. The highest BCUT2D eigenvalue weighted by Gasteiger charge is 2.26. The normalized spacial score (nSPS) is 16.5. The molecule has 2 heteroatoms. The fourth-order valence-electron chi connectivity index (χ4n) is 3.93. The molecule has 1 unspecified atom stereocenters. The highest BCUT2D eigenvalue weighted by Crippen LogP contribution is 2.28. The van der Waals surface area contributed by atoms with E-state index in [1.54, 1.807) is 0 Å². The molecule has 1 aromatic rings. The topological polar surface area (TPSA) is 24.1 Å². The summed E-state index contributed by atoms with van der Waals surface area (Å²) in [7, 11) is 0. The van der Waals surface area contributed by atoms with Gasteiger partial charge in [-0.05, 0) is 62.6 Å². The van der Waals surface area contributed by atoms with E-state index in [2.05, 4.69) is 70.4 Å². The van der Waals surface area contributed by atoms with E-state index >= 15 is 0 Å². The minimum absolute atomic E-state index is 0.177. The van der Waals surface area contributed by atoms with Gasteiger partial charge in [-0.2, -0.15) is 0 Å². The largest absolute Gasteiger partial charge is 0.384 e. The molecule has 1 aliphatic heterocycles. The number of hydrogen-bond donors (Lipinski definition) is 2. The standard InChI is InChI=1S/C19H32N2/c1-14(21-19(5,6)13-18(2,3)4)11-15-7-8-17-16(12-15)9-10-20-17/h7-8,12,14,20-21H,9-11,13H2,1-6H3. The Morgan fingerprint density at radius 2 is 1.90 bits per heavy atom. The van der Waals surface area contributed by atoms with Crippen LogP contribution in [0, 0.1) is 5.41 Å². The van der Waals surface area contributed by atoms with Gasteiger partial charge in [-0.15, -0.1) is 0 Å². The second-order valence-electron chi connectivity index (χ2n) is 8.54. The van der Waals surface area contributed by atoms with E-state index in [-0.39, 0.29) is 5.54 Å². The van der Waals surface area contributed by atoms with Crippen LogP contribution in [0.1, 0.15) is 59.1 Å². The third-order valence-electron chi connectivity index (χ3n) is 4.03. The maximum absolute atomic E-state index is 3.81. The lowest BCUT2D eigenvalue weighted by Gasteiger charge is -2.36. The average Bonchev–Trinajstić information content (AvgIpc) is 2.71. The average molecular weight is 288 g/mol. The Morgan fingerprint density at radius 1 is 1.19 bits per heavy atom. The molecule has 0 saturated carbocycles. The molecule has 2 rings (SSSR count). The molecule has 2 N–H and O–H groups in total.